The van der Waals surface area contributed by atoms with Gasteiger partial charge in [-0.15, -0.1) is 0 Å². The molecule has 6 nitrogen and oxygen atoms in total. The summed E-state index contributed by atoms with van der Waals surface area (Å²) < 4.78 is 0.903. The van der Waals surface area contributed by atoms with E-state index in [9.17, 15) is 14.4 Å². The number of imide groups is 1. The van der Waals surface area contributed by atoms with Gasteiger partial charge in [-0.1, -0.05) is 46.3 Å². The third-order valence-electron chi connectivity index (χ3n) is 4.39. The van der Waals surface area contributed by atoms with Crippen LogP contribution in [0.15, 0.2) is 53.0 Å². The summed E-state index contributed by atoms with van der Waals surface area (Å²) in [5.74, 6) is -0.882. The van der Waals surface area contributed by atoms with Gasteiger partial charge in [0.15, 0.2) is 0 Å². The first-order chi connectivity index (χ1) is 12.3. The van der Waals surface area contributed by atoms with Crippen LogP contribution in [0, 0.1) is 6.92 Å². The number of rotatable bonds is 4. The fourth-order valence-corrected chi connectivity index (χ4v) is 3.38. The lowest BCUT2D eigenvalue weighted by Crippen LogP contribution is -2.42. The number of amides is 4. The summed E-state index contributed by atoms with van der Waals surface area (Å²) in [5, 5.41) is 5.42. The third kappa shape index (κ3) is 3.35. The maximum absolute atomic E-state index is 12.8. The molecule has 7 heteroatoms. The van der Waals surface area contributed by atoms with Gasteiger partial charge in [0.1, 0.15) is 12.1 Å². The lowest BCUT2D eigenvalue weighted by Gasteiger charge is -2.22. The minimum Gasteiger partial charge on any atom is -0.324 e. The number of halogens is 1. The molecule has 1 fully saturated rings. The number of carbonyl (C=O) groups excluding carboxylic acids is 3. The molecule has 1 atom stereocenters. The van der Waals surface area contributed by atoms with Crippen molar-refractivity contribution >= 4 is 39.5 Å². The molecular formula is C19H18BrN3O3. The topological polar surface area (TPSA) is 78.5 Å². The van der Waals surface area contributed by atoms with Crippen molar-refractivity contribution in [2.75, 3.05) is 11.9 Å². The molecule has 0 saturated carbocycles. The quantitative estimate of drug-likeness (QED) is 0.752. The first-order valence-corrected chi connectivity index (χ1v) is 8.86. The number of benzene rings is 2. The van der Waals surface area contributed by atoms with E-state index in [1.807, 2.05) is 25.1 Å². The van der Waals surface area contributed by atoms with E-state index < -0.39 is 23.4 Å². The van der Waals surface area contributed by atoms with Crippen molar-refractivity contribution in [3.8, 4) is 0 Å². The summed E-state index contributed by atoms with van der Waals surface area (Å²) in [5.41, 5.74) is 1.01. The minimum absolute atomic E-state index is 0.345. The second-order valence-corrected chi connectivity index (χ2v) is 7.24. The summed E-state index contributed by atoms with van der Waals surface area (Å²) in [4.78, 5) is 38.4. The van der Waals surface area contributed by atoms with E-state index in [4.69, 9.17) is 0 Å². The summed E-state index contributed by atoms with van der Waals surface area (Å²) in [7, 11) is 0. The predicted molar refractivity (Wildman–Crippen MR) is 102 cm³/mol. The van der Waals surface area contributed by atoms with Crippen LogP contribution in [0.1, 0.15) is 18.1 Å². The Hall–Kier alpha value is -2.67. The zero-order valence-corrected chi connectivity index (χ0v) is 16.0. The molecule has 0 aromatic heterocycles. The smallest absolute Gasteiger partial charge is 0.324 e. The summed E-state index contributed by atoms with van der Waals surface area (Å²) >= 11 is 3.37. The molecule has 0 spiro atoms. The molecule has 0 unspecified atom stereocenters. The fraction of sp³-hybridized carbons (Fsp3) is 0.211. The number of anilines is 1. The Balaban J connectivity index is 1.74. The van der Waals surface area contributed by atoms with Gasteiger partial charge in [0.05, 0.1) is 0 Å². The molecule has 0 aliphatic carbocycles. The van der Waals surface area contributed by atoms with Crippen LogP contribution in [-0.4, -0.2) is 29.3 Å². The number of nitrogens with zero attached hydrogens (tertiary/aromatic N) is 1. The SMILES string of the molecule is Cc1cc(Br)ccc1NC(=O)CN1C(=O)N[C@](C)(c2ccccc2)C1=O. The summed E-state index contributed by atoms with van der Waals surface area (Å²) in [6.07, 6.45) is 0. The molecule has 4 amide bonds. The Morgan fingerprint density at radius 2 is 1.88 bits per heavy atom. The van der Waals surface area contributed by atoms with Crippen molar-refractivity contribution < 1.29 is 14.4 Å². The van der Waals surface area contributed by atoms with E-state index >= 15 is 0 Å². The van der Waals surface area contributed by atoms with E-state index in [0.717, 1.165) is 14.9 Å². The lowest BCUT2D eigenvalue weighted by molar-refractivity contribution is -0.133. The van der Waals surface area contributed by atoms with Crippen LogP contribution in [0.5, 0.6) is 0 Å². The molecule has 2 N–H and O–H groups in total. The second kappa shape index (κ2) is 6.92. The normalized spacial score (nSPS) is 19.4. The average molecular weight is 416 g/mol. The highest BCUT2D eigenvalue weighted by molar-refractivity contribution is 9.10. The summed E-state index contributed by atoms with van der Waals surface area (Å²) in [6.45, 7) is 3.16. The molecule has 2 aromatic rings. The molecule has 3 rings (SSSR count). The van der Waals surface area contributed by atoms with E-state index in [2.05, 4.69) is 26.6 Å². The molecule has 2 aromatic carbocycles. The molecule has 26 heavy (non-hydrogen) atoms. The Bertz CT molecular complexity index is 885. The van der Waals surface area contributed by atoms with Gasteiger partial charge in [-0.05, 0) is 43.2 Å². The van der Waals surface area contributed by atoms with Gasteiger partial charge in [-0.3, -0.25) is 14.5 Å². The maximum Gasteiger partial charge on any atom is 0.325 e. The van der Waals surface area contributed by atoms with Crippen LogP contribution >= 0.6 is 15.9 Å². The van der Waals surface area contributed by atoms with Gasteiger partial charge in [-0.25, -0.2) is 4.79 Å². The van der Waals surface area contributed by atoms with Crippen molar-refractivity contribution in [1.29, 1.82) is 0 Å². The highest BCUT2D eigenvalue weighted by Crippen LogP contribution is 2.28. The monoisotopic (exact) mass is 415 g/mol. The van der Waals surface area contributed by atoms with E-state index in [1.165, 1.54) is 0 Å². The van der Waals surface area contributed by atoms with Crippen molar-refractivity contribution in [2.24, 2.45) is 0 Å². The molecule has 0 radical (unpaired) electrons. The van der Waals surface area contributed by atoms with Gasteiger partial charge < -0.3 is 10.6 Å². The van der Waals surface area contributed by atoms with Crippen LogP contribution < -0.4 is 10.6 Å². The molecule has 1 saturated heterocycles. The number of hydrogen-bond acceptors (Lipinski definition) is 3. The van der Waals surface area contributed by atoms with E-state index in [0.29, 0.717) is 11.3 Å². The molecule has 1 aliphatic heterocycles. The largest absolute Gasteiger partial charge is 0.325 e. The van der Waals surface area contributed by atoms with E-state index in [-0.39, 0.29) is 6.54 Å². The maximum atomic E-state index is 12.8. The highest BCUT2D eigenvalue weighted by Gasteiger charge is 2.49. The van der Waals surface area contributed by atoms with Crippen LogP contribution in [0.25, 0.3) is 0 Å². The number of carbonyl (C=O) groups is 3. The number of hydrogen-bond donors (Lipinski definition) is 2. The Kier molecular flexibility index (Phi) is 4.82. The zero-order valence-electron chi connectivity index (χ0n) is 14.4. The minimum atomic E-state index is -1.17. The molecule has 0 bridgehead atoms. The first kappa shape index (κ1) is 18.1. The van der Waals surface area contributed by atoms with E-state index in [1.54, 1.807) is 37.3 Å². The van der Waals surface area contributed by atoms with Gasteiger partial charge in [0, 0.05) is 10.2 Å². The lowest BCUT2D eigenvalue weighted by atomic mass is 9.92. The van der Waals surface area contributed by atoms with Gasteiger partial charge >= 0.3 is 6.03 Å². The highest BCUT2D eigenvalue weighted by atomic mass is 79.9. The fourth-order valence-electron chi connectivity index (χ4n) is 2.91. The van der Waals surface area contributed by atoms with Crippen molar-refractivity contribution in [3.63, 3.8) is 0 Å². The zero-order chi connectivity index (χ0) is 18.9. The predicted octanol–water partition coefficient (Wildman–Crippen LogP) is 3.16. The second-order valence-electron chi connectivity index (χ2n) is 6.32. The Morgan fingerprint density at radius 1 is 1.19 bits per heavy atom. The Labute approximate surface area is 159 Å². The number of nitrogens with one attached hydrogen (secondary N) is 2. The van der Waals surface area contributed by atoms with Crippen LogP contribution in [0.3, 0.4) is 0 Å². The number of urea groups is 1. The van der Waals surface area contributed by atoms with Crippen molar-refractivity contribution in [1.82, 2.24) is 10.2 Å². The van der Waals surface area contributed by atoms with Crippen LogP contribution in [0.2, 0.25) is 0 Å². The van der Waals surface area contributed by atoms with Gasteiger partial charge in [0.2, 0.25) is 5.91 Å². The van der Waals surface area contributed by atoms with Crippen LogP contribution in [-0.2, 0) is 15.1 Å². The van der Waals surface area contributed by atoms with Gasteiger partial charge in [-0.2, -0.15) is 0 Å². The van der Waals surface area contributed by atoms with Crippen molar-refractivity contribution in [2.45, 2.75) is 19.4 Å². The first-order valence-electron chi connectivity index (χ1n) is 8.07. The van der Waals surface area contributed by atoms with Gasteiger partial charge in [0.25, 0.3) is 5.91 Å². The molecule has 1 aliphatic rings. The average Bonchev–Trinajstić information content (AvgIpc) is 2.82. The summed E-state index contributed by atoms with van der Waals surface area (Å²) in [6, 6.07) is 13.8. The Morgan fingerprint density at radius 3 is 2.54 bits per heavy atom. The van der Waals surface area contributed by atoms with Crippen molar-refractivity contribution in [3.05, 3.63) is 64.1 Å². The molecule has 1 heterocycles. The third-order valence-corrected chi connectivity index (χ3v) is 4.88. The standard InChI is InChI=1S/C19H18BrN3O3/c1-12-10-14(20)8-9-15(12)21-16(24)11-23-17(25)19(2,22-18(23)26)13-6-4-3-5-7-13/h3-10H,11H2,1-2H3,(H,21,24)(H,22,26)/t19-/m1/s1. The molecular weight excluding hydrogens is 398 g/mol. The molecule has 134 valence electrons. The number of aryl methyl sites for hydroxylation is 1. The van der Waals surface area contributed by atoms with Crippen LogP contribution in [0.4, 0.5) is 10.5 Å².